The SMILES string of the molecule is CC(Nc1c(Cl)cccc1Cl)C1CCCN(C)C1. The second kappa shape index (κ2) is 6.14. The molecule has 0 radical (unpaired) electrons. The Morgan fingerprint density at radius 3 is 2.61 bits per heavy atom. The van der Waals surface area contributed by atoms with Crippen molar-refractivity contribution in [1.82, 2.24) is 4.90 Å². The third-order valence-electron chi connectivity index (χ3n) is 3.70. The van der Waals surface area contributed by atoms with Gasteiger partial charge >= 0.3 is 0 Å². The molecule has 1 aromatic carbocycles. The number of hydrogen-bond donors (Lipinski definition) is 1. The molecule has 1 saturated heterocycles. The largest absolute Gasteiger partial charge is 0.380 e. The molecule has 0 amide bonds. The fraction of sp³-hybridized carbons (Fsp3) is 0.571. The second-order valence-electron chi connectivity index (χ2n) is 5.19. The maximum Gasteiger partial charge on any atom is 0.0721 e. The van der Waals surface area contributed by atoms with Gasteiger partial charge < -0.3 is 10.2 Å². The molecule has 100 valence electrons. The van der Waals surface area contributed by atoms with Crippen LogP contribution in [0.3, 0.4) is 0 Å². The summed E-state index contributed by atoms with van der Waals surface area (Å²) in [5.41, 5.74) is 0.863. The van der Waals surface area contributed by atoms with Crippen molar-refractivity contribution in [2.45, 2.75) is 25.8 Å². The number of nitrogens with zero attached hydrogens (tertiary/aromatic N) is 1. The van der Waals surface area contributed by atoms with Gasteiger partial charge in [-0.2, -0.15) is 0 Å². The molecule has 1 N–H and O–H groups in total. The Hall–Kier alpha value is -0.440. The van der Waals surface area contributed by atoms with E-state index in [4.69, 9.17) is 23.2 Å². The van der Waals surface area contributed by atoms with E-state index in [2.05, 4.69) is 24.2 Å². The summed E-state index contributed by atoms with van der Waals surface area (Å²) < 4.78 is 0. The average Bonchev–Trinajstić information content (AvgIpc) is 2.34. The molecular weight excluding hydrogens is 267 g/mol. The number of hydrogen-bond acceptors (Lipinski definition) is 2. The highest BCUT2D eigenvalue weighted by Gasteiger charge is 2.23. The van der Waals surface area contributed by atoms with E-state index in [0.717, 1.165) is 12.2 Å². The molecule has 4 heteroatoms. The number of piperidine rings is 1. The van der Waals surface area contributed by atoms with Crippen molar-refractivity contribution in [3.05, 3.63) is 28.2 Å². The molecule has 0 bridgehead atoms. The minimum Gasteiger partial charge on any atom is -0.380 e. The molecule has 0 saturated carbocycles. The van der Waals surface area contributed by atoms with Crippen LogP contribution in [0.5, 0.6) is 0 Å². The van der Waals surface area contributed by atoms with Crippen molar-refractivity contribution in [1.29, 1.82) is 0 Å². The van der Waals surface area contributed by atoms with Gasteiger partial charge in [-0.05, 0) is 51.4 Å². The van der Waals surface area contributed by atoms with Gasteiger partial charge in [0.15, 0.2) is 0 Å². The van der Waals surface area contributed by atoms with Crippen molar-refractivity contribution < 1.29 is 0 Å². The molecule has 1 fully saturated rings. The maximum atomic E-state index is 6.18. The minimum atomic E-state index is 0.380. The predicted molar refractivity (Wildman–Crippen MR) is 79.8 cm³/mol. The monoisotopic (exact) mass is 286 g/mol. The molecule has 1 aliphatic rings. The van der Waals surface area contributed by atoms with E-state index in [1.54, 1.807) is 0 Å². The lowest BCUT2D eigenvalue weighted by molar-refractivity contribution is 0.197. The molecule has 18 heavy (non-hydrogen) atoms. The van der Waals surface area contributed by atoms with Gasteiger partial charge in [-0.25, -0.2) is 0 Å². The van der Waals surface area contributed by atoms with Gasteiger partial charge in [0.1, 0.15) is 0 Å². The molecule has 1 aromatic rings. The zero-order valence-corrected chi connectivity index (χ0v) is 12.4. The van der Waals surface area contributed by atoms with Crippen LogP contribution in [-0.4, -0.2) is 31.1 Å². The van der Waals surface area contributed by atoms with Crippen molar-refractivity contribution in [3.63, 3.8) is 0 Å². The first-order valence-electron chi connectivity index (χ1n) is 6.47. The fourth-order valence-corrected chi connectivity index (χ4v) is 3.10. The Labute approximate surface area is 119 Å². The van der Waals surface area contributed by atoms with Gasteiger partial charge in [-0.15, -0.1) is 0 Å². The normalized spacial score (nSPS) is 22.8. The molecule has 2 unspecified atom stereocenters. The Kier molecular flexibility index (Phi) is 4.77. The summed E-state index contributed by atoms with van der Waals surface area (Å²) in [4.78, 5) is 2.39. The summed E-state index contributed by atoms with van der Waals surface area (Å²) in [6, 6.07) is 5.99. The van der Waals surface area contributed by atoms with Crippen LogP contribution in [0.2, 0.25) is 10.0 Å². The van der Waals surface area contributed by atoms with Crippen molar-refractivity contribution >= 4 is 28.9 Å². The number of likely N-dealkylation sites (tertiary alicyclic amines) is 1. The van der Waals surface area contributed by atoms with Crippen molar-refractivity contribution in [2.24, 2.45) is 5.92 Å². The number of anilines is 1. The van der Waals surface area contributed by atoms with Crippen molar-refractivity contribution in [2.75, 3.05) is 25.5 Å². The third kappa shape index (κ3) is 3.31. The minimum absolute atomic E-state index is 0.380. The van der Waals surface area contributed by atoms with E-state index in [-0.39, 0.29) is 0 Å². The maximum absolute atomic E-state index is 6.18. The Morgan fingerprint density at radius 2 is 2.00 bits per heavy atom. The van der Waals surface area contributed by atoms with E-state index >= 15 is 0 Å². The first-order chi connectivity index (χ1) is 8.58. The Bertz CT molecular complexity index is 389. The van der Waals surface area contributed by atoms with Crippen LogP contribution in [-0.2, 0) is 0 Å². The van der Waals surface area contributed by atoms with E-state index in [1.165, 1.54) is 19.4 Å². The highest BCUT2D eigenvalue weighted by atomic mass is 35.5. The first-order valence-corrected chi connectivity index (χ1v) is 7.22. The Balaban J connectivity index is 2.04. The molecule has 2 atom stereocenters. The van der Waals surface area contributed by atoms with E-state index in [0.29, 0.717) is 22.0 Å². The van der Waals surface area contributed by atoms with E-state index < -0.39 is 0 Å². The fourth-order valence-electron chi connectivity index (χ4n) is 2.60. The van der Waals surface area contributed by atoms with E-state index in [9.17, 15) is 0 Å². The smallest absolute Gasteiger partial charge is 0.0721 e. The lowest BCUT2D eigenvalue weighted by Crippen LogP contribution is -2.39. The van der Waals surface area contributed by atoms with Crippen LogP contribution in [0.4, 0.5) is 5.69 Å². The average molecular weight is 287 g/mol. The second-order valence-corrected chi connectivity index (χ2v) is 6.01. The van der Waals surface area contributed by atoms with Crippen molar-refractivity contribution in [3.8, 4) is 0 Å². The summed E-state index contributed by atoms with van der Waals surface area (Å²) in [7, 11) is 2.18. The van der Waals surface area contributed by atoms with Gasteiger partial charge in [-0.1, -0.05) is 29.3 Å². The predicted octanol–water partition coefficient (Wildman–Crippen LogP) is 4.14. The van der Waals surface area contributed by atoms with Crippen LogP contribution in [0.1, 0.15) is 19.8 Å². The van der Waals surface area contributed by atoms with Gasteiger partial charge in [0.05, 0.1) is 15.7 Å². The highest BCUT2D eigenvalue weighted by molar-refractivity contribution is 6.39. The number of nitrogens with one attached hydrogen (secondary N) is 1. The third-order valence-corrected chi connectivity index (χ3v) is 4.33. The number of rotatable bonds is 3. The molecule has 2 nitrogen and oxygen atoms in total. The summed E-state index contributed by atoms with van der Waals surface area (Å²) >= 11 is 12.4. The first kappa shape index (κ1) is 14.0. The summed E-state index contributed by atoms with van der Waals surface area (Å²) in [6.45, 7) is 4.55. The van der Waals surface area contributed by atoms with Gasteiger partial charge in [0.25, 0.3) is 0 Å². The molecule has 1 heterocycles. The molecular formula is C14H20Cl2N2. The number of para-hydroxylation sites is 1. The van der Waals surface area contributed by atoms with Gasteiger partial charge in [0, 0.05) is 12.6 Å². The summed E-state index contributed by atoms with van der Waals surface area (Å²) in [5.74, 6) is 0.649. The standard InChI is InChI=1S/C14H20Cl2N2/c1-10(11-5-4-8-18(2)9-11)17-14-12(15)6-3-7-13(14)16/h3,6-7,10-11,17H,4-5,8-9H2,1-2H3. The lowest BCUT2D eigenvalue weighted by atomic mass is 9.92. The molecule has 0 aliphatic carbocycles. The van der Waals surface area contributed by atoms with Crippen LogP contribution in [0, 0.1) is 5.92 Å². The van der Waals surface area contributed by atoms with E-state index in [1.807, 2.05) is 18.2 Å². The number of halogens is 2. The summed E-state index contributed by atoms with van der Waals surface area (Å²) in [6.07, 6.45) is 2.53. The lowest BCUT2D eigenvalue weighted by Gasteiger charge is -2.34. The quantitative estimate of drug-likeness (QED) is 0.899. The molecule has 1 aliphatic heterocycles. The van der Waals surface area contributed by atoms with Gasteiger partial charge in [0.2, 0.25) is 0 Å². The number of benzene rings is 1. The molecule has 2 rings (SSSR count). The molecule has 0 aromatic heterocycles. The van der Waals surface area contributed by atoms with Gasteiger partial charge in [-0.3, -0.25) is 0 Å². The topological polar surface area (TPSA) is 15.3 Å². The zero-order valence-electron chi connectivity index (χ0n) is 10.9. The zero-order chi connectivity index (χ0) is 13.1. The highest BCUT2D eigenvalue weighted by Crippen LogP contribution is 2.32. The van der Waals surface area contributed by atoms with Crippen LogP contribution in [0.25, 0.3) is 0 Å². The Morgan fingerprint density at radius 1 is 1.33 bits per heavy atom. The van der Waals surface area contributed by atoms with Crippen LogP contribution >= 0.6 is 23.2 Å². The molecule has 0 spiro atoms. The van der Waals surface area contributed by atoms with Crippen LogP contribution in [0.15, 0.2) is 18.2 Å². The summed E-state index contributed by atoms with van der Waals surface area (Å²) in [5, 5.41) is 4.86. The van der Waals surface area contributed by atoms with Crippen LogP contribution < -0.4 is 5.32 Å².